The molecule has 1 aromatic carbocycles. The maximum Gasteiger partial charge on any atom is 0.333 e. The average Bonchev–Trinajstić information content (AvgIpc) is 3.80. The van der Waals surface area contributed by atoms with E-state index in [4.69, 9.17) is 0 Å². The second-order valence-corrected chi connectivity index (χ2v) is 11.3. The second-order valence-electron chi connectivity index (χ2n) is 9.62. The molecule has 2 aromatic heterocycles. The first-order valence-electron chi connectivity index (χ1n) is 12.5. The van der Waals surface area contributed by atoms with Crippen LogP contribution >= 0.6 is 0 Å². The number of anilines is 2. The van der Waals surface area contributed by atoms with Crippen LogP contribution in [0.1, 0.15) is 38.2 Å². The van der Waals surface area contributed by atoms with Gasteiger partial charge in [-0.2, -0.15) is 4.98 Å². The van der Waals surface area contributed by atoms with Crippen molar-refractivity contribution in [1.29, 1.82) is 0 Å². The van der Waals surface area contributed by atoms with E-state index >= 15 is 0 Å². The van der Waals surface area contributed by atoms with Crippen molar-refractivity contribution < 1.29 is 14.1 Å². The Morgan fingerprint density at radius 3 is 2.13 bits per heavy atom. The fourth-order valence-electron chi connectivity index (χ4n) is 4.13. The zero-order valence-corrected chi connectivity index (χ0v) is 22.2. The molecule has 1 atom stereocenters. The molecule has 38 heavy (non-hydrogen) atoms. The van der Waals surface area contributed by atoms with Gasteiger partial charge in [-0.05, 0) is 50.8 Å². The van der Waals surface area contributed by atoms with Gasteiger partial charge in [-0.3, -0.25) is 28.1 Å². The van der Waals surface area contributed by atoms with E-state index in [9.17, 15) is 23.7 Å². The lowest BCUT2D eigenvalue weighted by molar-refractivity contribution is -0.118. The molecule has 0 saturated heterocycles. The molecular weight excluding hydrogens is 508 g/mol. The number of carbonyl (C=O) groups is 2. The Bertz CT molecular complexity index is 1590. The number of imidazole rings is 1. The van der Waals surface area contributed by atoms with Crippen LogP contribution in [0, 0.1) is 23.7 Å². The standard InChI is InChI=1S/C26H28N6O5S/c1-4-38(37)25-29-21-20(30(25)2)24(35)31(3)26(36)32(21)11-5-6-15-12-18(27-22(33)16-7-8-16)14-19(13-15)28-23(34)17-9-10-17/h12-14,16-17H,4,7-11H2,1-3H3,(H,27,33)(H,28,34). The third-order valence-corrected chi connectivity index (χ3v) is 7.91. The first-order valence-corrected chi connectivity index (χ1v) is 13.8. The van der Waals surface area contributed by atoms with Crippen LogP contribution in [0.25, 0.3) is 11.2 Å². The summed E-state index contributed by atoms with van der Waals surface area (Å²) in [6.07, 6.45) is 3.45. The smallest absolute Gasteiger partial charge is 0.333 e. The lowest BCUT2D eigenvalue weighted by Gasteiger charge is -2.10. The van der Waals surface area contributed by atoms with E-state index in [0.29, 0.717) is 22.7 Å². The van der Waals surface area contributed by atoms with Gasteiger partial charge < -0.3 is 15.2 Å². The second kappa shape index (κ2) is 10.2. The Morgan fingerprint density at radius 1 is 1.03 bits per heavy atom. The average molecular weight is 537 g/mol. The zero-order chi connectivity index (χ0) is 27.1. The van der Waals surface area contributed by atoms with Crippen LogP contribution in [0.15, 0.2) is 32.9 Å². The van der Waals surface area contributed by atoms with Crippen LogP contribution in [0.2, 0.25) is 0 Å². The van der Waals surface area contributed by atoms with Gasteiger partial charge in [0.15, 0.2) is 11.2 Å². The maximum absolute atomic E-state index is 12.9. The Kier molecular flexibility index (Phi) is 6.90. The van der Waals surface area contributed by atoms with Crippen molar-refractivity contribution in [3.05, 3.63) is 44.6 Å². The molecule has 2 aliphatic carbocycles. The number of aromatic nitrogens is 4. The van der Waals surface area contributed by atoms with E-state index in [2.05, 4.69) is 27.5 Å². The fourth-order valence-corrected chi connectivity index (χ4v) is 4.97. The lowest BCUT2D eigenvalue weighted by Crippen LogP contribution is -2.38. The topological polar surface area (TPSA) is 143 Å². The van der Waals surface area contributed by atoms with Crippen LogP contribution in [-0.2, 0) is 41.4 Å². The highest BCUT2D eigenvalue weighted by atomic mass is 32.2. The number of amides is 2. The van der Waals surface area contributed by atoms with Crippen molar-refractivity contribution in [2.24, 2.45) is 25.9 Å². The van der Waals surface area contributed by atoms with E-state index < -0.39 is 22.4 Å². The van der Waals surface area contributed by atoms with E-state index in [-0.39, 0.29) is 46.5 Å². The number of hydrogen-bond acceptors (Lipinski definition) is 6. The summed E-state index contributed by atoms with van der Waals surface area (Å²) in [6.45, 7) is 1.66. The Labute approximate surface area is 221 Å². The number of nitrogens with zero attached hydrogens (tertiary/aromatic N) is 4. The van der Waals surface area contributed by atoms with Crippen molar-refractivity contribution in [1.82, 2.24) is 18.7 Å². The monoisotopic (exact) mass is 536 g/mol. The molecule has 2 amide bonds. The van der Waals surface area contributed by atoms with E-state index in [1.807, 2.05) is 0 Å². The Hall–Kier alpha value is -3.82. The SMILES string of the molecule is CC[S+]([O-])c1nc2c(c(=O)n(C)c(=O)n2CC#Cc2cc(NC(=O)C3CC3)cc(NC(=O)C3CC3)c2)n1C. The molecule has 0 aliphatic heterocycles. The predicted molar refractivity (Wildman–Crippen MR) is 143 cm³/mol. The predicted octanol–water partition coefficient (Wildman–Crippen LogP) is 1.31. The molecule has 12 heteroatoms. The van der Waals surface area contributed by atoms with Gasteiger partial charge in [0.05, 0.1) is 6.54 Å². The number of rotatable bonds is 7. The van der Waals surface area contributed by atoms with Gasteiger partial charge >= 0.3 is 10.8 Å². The highest BCUT2D eigenvalue weighted by Crippen LogP contribution is 2.32. The Balaban J connectivity index is 1.49. The molecule has 2 saturated carbocycles. The lowest BCUT2D eigenvalue weighted by atomic mass is 10.1. The van der Waals surface area contributed by atoms with Crippen molar-refractivity contribution in [3.63, 3.8) is 0 Å². The first-order chi connectivity index (χ1) is 18.2. The number of nitrogens with one attached hydrogen (secondary N) is 2. The fraction of sp³-hybridized carbons (Fsp3) is 0.423. The summed E-state index contributed by atoms with van der Waals surface area (Å²) in [5.74, 6) is 6.15. The maximum atomic E-state index is 12.9. The van der Waals surface area contributed by atoms with Gasteiger partial charge in [-0.25, -0.2) is 4.79 Å². The molecule has 2 N–H and O–H groups in total. The molecule has 0 spiro atoms. The van der Waals surface area contributed by atoms with Crippen LogP contribution in [0.4, 0.5) is 11.4 Å². The highest BCUT2D eigenvalue weighted by Gasteiger charge is 2.31. The number of hydrogen-bond donors (Lipinski definition) is 2. The van der Waals surface area contributed by atoms with E-state index in [1.165, 1.54) is 16.2 Å². The van der Waals surface area contributed by atoms with Gasteiger partial charge in [0.1, 0.15) is 5.75 Å². The Morgan fingerprint density at radius 2 is 1.61 bits per heavy atom. The summed E-state index contributed by atoms with van der Waals surface area (Å²) in [5, 5.41) is 5.99. The minimum absolute atomic E-state index is 0.0126. The molecule has 3 aromatic rings. The number of benzene rings is 1. The van der Waals surface area contributed by atoms with Crippen LogP contribution in [0.3, 0.4) is 0 Å². The van der Waals surface area contributed by atoms with Gasteiger partial charge in [-0.15, -0.1) is 0 Å². The quantitative estimate of drug-likeness (QED) is 0.344. The zero-order valence-electron chi connectivity index (χ0n) is 21.4. The molecule has 0 bridgehead atoms. The van der Waals surface area contributed by atoms with Gasteiger partial charge in [0.25, 0.3) is 5.56 Å². The summed E-state index contributed by atoms with van der Waals surface area (Å²) >= 11 is -1.43. The minimum Gasteiger partial charge on any atom is -0.609 e. The highest BCUT2D eigenvalue weighted by molar-refractivity contribution is 7.91. The molecule has 2 fully saturated rings. The normalized spacial score (nSPS) is 15.6. The van der Waals surface area contributed by atoms with Crippen molar-refractivity contribution in [2.45, 2.75) is 44.3 Å². The van der Waals surface area contributed by atoms with Crippen LogP contribution in [0.5, 0.6) is 0 Å². The third kappa shape index (κ3) is 5.12. The minimum atomic E-state index is -1.43. The largest absolute Gasteiger partial charge is 0.609 e. The summed E-state index contributed by atoms with van der Waals surface area (Å²) in [6, 6.07) is 5.13. The van der Waals surface area contributed by atoms with Crippen LogP contribution in [-0.4, -0.2) is 40.8 Å². The van der Waals surface area contributed by atoms with E-state index in [0.717, 1.165) is 30.3 Å². The summed E-state index contributed by atoms with van der Waals surface area (Å²) in [7, 11) is 2.97. The number of fused-ring (bicyclic) bond motifs is 1. The molecule has 11 nitrogen and oxygen atoms in total. The molecule has 2 aliphatic rings. The van der Waals surface area contributed by atoms with E-state index in [1.54, 1.807) is 32.2 Å². The summed E-state index contributed by atoms with van der Waals surface area (Å²) < 4.78 is 16.2. The van der Waals surface area contributed by atoms with Crippen molar-refractivity contribution >= 4 is 45.5 Å². The molecule has 0 radical (unpaired) electrons. The van der Waals surface area contributed by atoms with Gasteiger partial charge in [0, 0.05) is 54.0 Å². The van der Waals surface area contributed by atoms with Crippen molar-refractivity contribution in [3.8, 4) is 11.8 Å². The van der Waals surface area contributed by atoms with Gasteiger partial charge in [0.2, 0.25) is 11.8 Å². The summed E-state index contributed by atoms with van der Waals surface area (Å²) in [5.41, 5.74) is 0.753. The number of carbonyl (C=O) groups excluding carboxylic acids is 2. The van der Waals surface area contributed by atoms with Gasteiger partial charge in [-0.1, -0.05) is 11.8 Å². The molecular formula is C26H28N6O5S. The summed E-state index contributed by atoms with van der Waals surface area (Å²) in [4.78, 5) is 54.7. The molecule has 5 rings (SSSR count). The van der Waals surface area contributed by atoms with Crippen LogP contribution < -0.4 is 21.9 Å². The molecule has 2 heterocycles. The van der Waals surface area contributed by atoms with Crippen molar-refractivity contribution in [2.75, 3.05) is 16.4 Å². The third-order valence-electron chi connectivity index (χ3n) is 6.62. The first kappa shape index (κ1) is 25.8. The molecule has 1 unspecified atom stereocenters. The molecule has 198 valence electrons. The number of aryl methyl sites for hydroxylation is 1.